The van der Waals surface area contributed by atoms with Crippen LogP contribution in [0.25, 0.3) is 0 Å². The lowest BCUT2D eigenvalue weighted by atomic mass is 9.82. The van der Waals surface area contributed by atoms with Crippen molar-refractivity contribution in [3.8, 4) is 0 Å². The molecule has 0 spiro atoms. The van der Waals surface area contributed by atoms with E-state index in [1.165, 1.54) is 0 Å². The summed E-state index contributed by atoms with van der Waals surface area (Å²) in [6.07, 6.45) is 6.24. The first-order chi connectivity index (χ1) is 4.74. The van der Waals surface area contributed by atoms with Crippen LogP contribution in [0.4, 0.5) is 0 Å². The molecule has 1 aliphatic carbocycles. The number of carbonyl (C=O) groups excluding carboxylic acids is 1. The minimum Gasteiger partial charge on any atom is -0.303 e. The Labute approximate surface area is 62.1 Å². The second-order valence-corrected chi connectivity index (χ2v) is 3.26. The van der Waals surface area contributed by atoms with Gasteiger partial charge in [-0.05, 0) is 18.3 Å². The monoisotopic (exact) mass is 138 g/mol. The van der Waals surface area contributed by atoms with Crippen LogP contribution in [-0.4, -0.2) is 6.29 Å². The van der Waals surface area contributed by atoms with Crippen molar-refractivity contribution in [2.24, 2.45) is 17.8 Å². The summed E-state index contributed by atoms with van der Waals surface area (Å²) < 4.78 is 0. The Morgan fingerprint density at radius 2 is 2.10 bits per heavy atom. The van der Waals surface area contributed by atoms with Crippen LogP contribution < -0.4 is 0 Å². The number of allylic oxidation sites excluding steroid dienone is 2. The van der Waals surface area contributed by atoms with Crippen LogP contribution >= 0.6 is 0 Å². The Morgan fingerprint density at radius 1 is 1.40 bits per heavy atom. The topological polar surface area (TPSA) is 17.1 Å². The zero-order chi connectivity index (χ0) is 7.56. The van der Waals surface area contributed by atoms with Gasteiger partial charge in [-0.1, -0.05) is 26.0 Å². The number of rotatable bonds is 1. The summed E-state index contributed by atoms with van der Waals surface area (Å²) in [5.41, 5.74) is 0. The van der Waals surface area contributed by atoms with Crippen molar-refractivity contribution in [3.63, 3.8) is 0 Å². The molecule has 0 bridgehead atoms. The molecule has 0 fully saturated rings. The fraction of sp³-hybridized carbons (Fsp3) is 0.667. The first-order valence-electron chi connectivity index (χ1n) is 3.87. The molecule has 0 radical (unpaired) electrons. The van der Waals surface area contributed by atoms with Crippen molar-refractivity contribution in [3.05, 3.63) is 12.2 Å². The van der Waals surface area contributed by atoms with Crippen LogP contribution in [0.2, 0.25) is 0 Å². The highest BCUT2D eigenvalue weighted by molar-refractivity contribution is 5.56. The van der Waals surface area contributed by atoms with Crippen LogP contribution in [0.3, 0.4) is 0 Å². The van der Waals surface area contributed by atoms with Gasteiger partial charge < -0.3 is 4.79 Å². The maximum atomic E-state index is 10.4. The highest BCUT2D eigenvalue weighted by atomic mass is 16.1. The highest BCUT2D eigenvalue weighted by Crippen LogP contribution is 2.26. The van der Waals surface area contributed by atoms with E-state index in [2.05, 4.69) is 19.9 Å². The van der Waals surface area contributed by atoms with Crippen molar-refractivity contribution in [1.29, 1.82) is 0 Å². The van der Waals surface area contributed by atoms with E-state index in [1.807, 2.05) is 6.08 Å². The molecule has 0 aromatic heterocycles. The van der Waals surface area contributed by atoms with E-state index < -0.39 is 0 Å². The average Bonchev–Trinajstić information content (AvgIpc) is 1.95. The Bertz CT molecular complexity index is 149. The minimum absolute atomic E-state index is 0.186. The molecule has 0 aliphatic heterocycles. The minimum atomic E-state index is 0.186. The summed E-state index contributed by atoms with van der Waals surface area (Å²) in [4.78, 5) is 10.4. The molecular formula is C9H14O. The van der Waals surface area contributed by atoms with Gasteiger partial charge in [0, 0.05) is 5.92 Å². The third-order valence-electron chi connectivity index (χ3n) is 2.38. The van der Waals surface area contributed by atoms with E-state index >= 15 is 0 Å². The van der Waals surface area contributed by atoms with Gasteiger partial charge in [-0.25, -0.2) is 0 Å². The van der Waals surface area contributed by atoms with Gasteiger partial charge in [0.25, 0.3) is 0 Å². The molecule has 0 saturated carbocycles. The van der Waals surface area contributed by atoms with E-state index in [1.54, 1.807) is 0 Å². The zero-order valence-corrected chi connectivity index (χ0v) is 6.58. The highest BCUT2D eigenvalue weighted by Gasteiger charge is 2.18. The van der Waals surface area contributed by atoms with Gasteiger partial charge in [0.2, 0.25) is 0 Å². The number of hydrogen-bond acceptors (Lipinski definition) is 1. The van der Waals surface area contributed by atoms with Crippen molar-refractivity contribution in [2.75, 3.05) is 0 Å². The molecule has 0 aromatic carbocycles. The molecule has 1 nitrogen and oxygen atoms in total. The summed E-state index contributed by atoms with van der Waals surface area (Å²) in [6, 6.07) is 0. The van der Waals surface area contributed by atoms with Crippen molar-refractivity contribution in [2.45, 2.75) is 20.3 Å². The fourth-order valence-corrected chi connectivity index (χ4v) is 1.33. The molecule has 0 heterocycles. The number of aldehydes is 1. The van der Waals surface area contributed by atoms with Crippen LogP contribution in [0.15, 0.2) is 12.2 Å². The lowest BCUT2D eigenvalue weighted by molar-refractivity contribution is -0.110. The van der Waals surface area contributed by atoms with E-state index in [-0.39, 0.29) is 5.92 Å². The van der Waals surface area contributed by atoms with E-state index in [9.17, 15) is 4.79 Å². The van der Waals surface area contributed by atoms with Crippen molar-refractivity contribution >= 4 is 6.29 Å². The summed E-state index contributed by atoms with van der Waals surface area (Å²) in [6.45, 7) is 4.40. The molecule has 1 heteroatoms. The summed E-state index contributed by atoms with van der Waals surface area (Å²) in [5, 5.41) is 0. The number of hydrogen-bond donors (Lipinski definition) is 0. The summed E-state index contributed by atoms with van der Waals surface area (Å²) >= 11 is 0. The Balaban J connectivity index is 2.59. The molecule has 0 aromatic rings. The standard InChI is InChI=1S/C9H14O/c1-7-3-4-9(6-10)5-8(7)2/h3-4,6-9H,5H2,1-2H3. The van der Waals surface area contributed by atoms with Gasteiger partial charge in [-0.3, -0.25) is 0 Å². The number of carbonyl (C=O) groups is 1. The van der Waals surface area contributed by atoms with E-state index in [0.29, 0.717) is 11.8 Å². The summed E-state index contributed by atoms with van der Waals surface area (Å²) in [5.74, 6) is 1.50. The third kappa shape index (κ3) is 1.47. The maximum Gasteiger partial charge on any atom is 0.126 e. The van der Waals surface area contributed by atoms with Crippen LogP contribution in [0.1, 0.15) is 20.3 Å². The quantitative estimate of drug-likeness (QED) is 0.400. The first-order valence-corrected chi connectivity index (χ1v) is 3.87. The lowest BCUT2D eigenvalue weighted by Gasteiger charge is -2.23. The predicted molar refractivity (Wildman–Crippen MR) is 41.6 cm³/mol. The van der Waals surface area contributed by atoms with Gasteiger partial charge in [-0.15, -0.1) is 0 Å². The second-order valence-electron chi connectivity index (χ2n) is 3.26. The maximum absolute atomic E-state index is 10.4. The Morgan fingerprint density at radius 3 is 2.60 bits per heavy atom. The Kier molecular flexibility index (Phi) is 2.25. The first kappa shape index (κ1) is 7.52. The van der Waals surface area contributed by atoms with Gasteiger partial charge in [-0.2, -0.15) is 0 Å². The van der Waals surface area contributed by atoms with Gasteiger partial charge in [0.15, 0.2) is 0 Å². The molecule has 3 unspecified atom stereocenters. The molecule has 3 atom stereocenters. The van der Waals surface area contributed by atoms with Crippen LogP contribution in [-0.2, 0) is 4.79 Å². The molecule has 0 N–H and O–H groups in total. The molecule has 0 amide bonds. The van der Waals surface area contributed by atoms with E-state index in [4.69, 9.17) is 0 Å². The lowest BCUT2D eigenvalue weighted by Crippen LogP contribution is -2.16. The zero-order valence-electron chi connectivity index (χ0n) is 6.58. The molecule has 1 aliphatic rings. The normalized spacial score (nSPS) is 39.6. The van der Waals surface area contributed by atoms with Crippen molar-refractivity contribution in [1.82, 2.24) is 0 Å². The fourth-order valence-electron chi connectivity index (χ4n) is 1.33. The second kappa shape index (κ2) is 3.00. The molecule has 10 heavy (non-hydrogen) atoms. The molecular weight excluding hydrogens is 124 g/mol. The largest absolute Gasteiger partial charge is 0.303 e. The third-order valence-corrected chi connectivity index (χ3v) is 2.38. The van der Waals surface area contributed by atoms with E-state index in [0.717, 1.165) is 12.7 Å². The molecule has 0 saturated heterocycles. The van der Waals surface area contributed by atoms with Gasteiger partial charge in [0.1, 0.15) is 6.29 Å². The SMILES string of the molecule is CC1C=CC(C=O)CC1C. The smallest absolute Gasteiger partial charge is 0.126 e. The predicted octanol–water partition coefficient (Wildman–Crippen LogP) is 2.03. The van der Waals surface area contributed by atoms with Crippen LogP contribution in [0.5, 0.6) is 0 Å². The molecule has 1 rings (SSSR count). The average molecular weight is 138 g/mol. The summed E-state index contributed by atoms with van der Waals surface area (Å²) in [7, 11) is 0. The Hall–Kier alpha value is -0.590. The van der Waals surface area contributed by atoms with Gasteiger partial charge >= 0.3 is 0 Å². The van der Waals surface area contributed by atoms with Crippen molar-refractivity contribution < 1.29 is 4.79 Å². The van der Waals surface area contributed by atoms with Crippen LogP contribution in [0, 0.1) is 17.8 Å². The molecule has 56 valence electrons. The van der Waals surface area contributed by atoms with Gasteiger partial charge in [0.05, 0.1) is 0 Å².